The van der Waals surface area contributed by atoms with Crippen molar-refractivity contribution in [3.8, 4) is 17.1 Å². The molecule has 0 unspecified atom stereocenters. The summed E-state index contributed by atoms with van der Waals surface area (Å²) in [4.78, 5) is 23.3. The number of H-pyrrole nitrogens is 1. The smallest absolute Gasteiger partial charge is 0.346 e. The molecule has 0 saturated heterocycles. The van der Waals surface area contributed by atoms with Crippen molar-refractivity contribution in [2.24, 2.45) is 0 Å². The average molecular weight is 411 g/mol. The lowest BCUT2D eigenvalue weighted by atomic mass is 10.1. The van der Waals surface area contributed by atoms with Crippen molar-refractivity contribution in [1.29, 1.82) is 0 Å². The zero-order chi connectivity index (χ0) is 20.3. The lowest BCUT2D eigenvalue weighted by Gasteiger charge is -2.11. The van der Waals surface area contributed by atoms with E-state index in [1.54, 1.807) is 12.3 Å². The minimum absolute atomic E-state index is 0.125. The molecule has 0 aliphatic heterocycles. The third-order valence-electron chi connectivity index (χ3n) is 4.01. The number of carbonyl (C=O) groups is 1. The fourth-order valence-corrected chi connectivity index (χ4v) is 2.88. The number of nitrogens with zero attached hydrogens (tertiary/aromatic N) is 2. The van der Waals surface area contributed by atoms with Crippen LogP contribution in [0.1, 0.15) is 12.6 Å². The molecule has 2 heterocycles. The fraction of sp³-hybridized carbons (Fsp3) is 0.278. The van der Waals surface area contributed by atoms with E-state index in [0.29, 0.717) is 27.9 Å². The van der Waals surface area contributed by atoms with Gasteiger partial charge in [-0.3, -0.25) is 4.79 Å². The second kappa shape index (κ2) is 8.49. The van der Waals surface area contributed by atoms with E-state index < -0.39 is 18.6 Å². The molecule has 1 aromatic carbocycles. The number of amides is 1. The third-order valence-corrected chi connectivity index (χ3v) is 4.32. The van der Waals surface area contributed by atoms with Crippen LogP contribution in [0, 0.1) is 0 Å². The molecule has 10 heteroatoms. The van der Waals surface area contributed by atoms with E-state index in [1.807, 2.05) is 12.1 Å². The Labute approximate surface area is 164 Å². The number of benzene rings is 1. The third kappa shape index (κ3) is 4.55. The van der Waals surface area contributed by atoms with Gasteiger partial charge < -0.3 is 19.8 Å². The molecular weight excluding hydrogens is 394 g/mol. The first-order valence-corrected chi connectivity index (χ1v) is 8.64. The van der Waals surface area contributed by atoms with E-state index in [4.69, 9.17) is 16.3 Å². The van der Waals surface area contributed by atoms with Gasteiger partial charge >= 0.3 is 6.61 Å². The molecule has 0 aliphatic carbocycles. The molecule has 0 fully saturated rings. The van der Waals surface area contributed by atoms with E-state index >= 15 is 0 Å². The van der Waals surface area contributed by atoms with Crippen molar-refractivity contribution in [2.45, 2.75) is 26.2 Å². The topological polar surface area (TPSA) is 89.1 Å². The molecule has 0 aliphatic rings. The lowest BCUT2D eigenvalue weighted by molar-refractivity contribution is -0.172. The molecule has 1 amide bonds. The maximum absolute atomic E-state index is 12.2. The average Bonchev–Trinajstić information content (AvgIpc) is 3.06. The predicted molar refractivity (Wildman–Crippen MR) is 99.3 cm³/mol. The van der Waals surface area contributed by atoms with Crippen molar-refractivity contribution in [2.75, 3.05) is 7.11 Å². The van der Waals surface area contributed by atoms with Gasteiger partial charge in [0.15, 0.2) is 0 Å². The quantitative estimate of drug-likeness (QED) is 0.622. The first-order chi connectivity index (χ1) is 13.4. The van der Waals surface area contributed by atoms with Crippen LogP contribution in [0.25, 0.3) is 22.2 Å². The summed E-state index contributed by atoms with van der Waals surface area (Å²) in [6.45, 7) is -1.62. The first-order valence-electron chi connectivity index (χ1n) is 8.26. The number of rotatable bonds is 7. The molecule has 1 atom stereocenters. The van der Waals surface area contributed by atoms with Crippen LogP contribution in [0.2, 0.25) is 5.02 Å². The Morgan fingerprint density at radius 1 is 1.29 bits per heavy atom. The normalized spacial score (nSPS) is 12.4. The van der Waals surface area contributed by atoms with Crippen molar-refractivity contribution in [3.63, 3.8) is 0 Å². The number of aromatic amines is 1. The van der Waals surface area contributed by atoms with Gasteiger partial charge in [-0.2, -0.15) is 8.78 Å². The Morgan fingerprint density at radius 3 is 2.71 bits per heavy atom. The second-order valence-corrected chi connectivity index (χ2v) is 6.32. The second-order valence-electron chi connectivity index (χ2n) is 5.91. The van der Waals surface area contributed by atoms with Crippen LogP contribution in [0.4, 0.5) is 8.78 Å². The Bertz CT molecular complexity index is 979. The monoisotopic (exact) mass is 410 g/mol. The molecule has 0 radical (unpaired) electrons. The van der Waals surface area contributed by atoms with Crippen molar-refractivity contribution in [1.82, 2.24) is 20.3 Å². The van der Waals surface area contributed by atoms with Crippen LogP contribution in [0.3, 0.4) is 0 Å². The molecule has 2 N–H and O–H groups in total. The van der Waals surface area contributed by atoms with Gasteiger partial charge in [-0.05, 0) is 25.1 Å². The largest absolute Gasteiger partial charge is 0.480 e. The number of methoxy groups -OCH3 is 1. The predicted octanol–water partition coefficient (Wildman–Crippen LogP) is 3.53. The summed E-state index contributed by atoms with van der Waals surface area (Å²) in [6.07, 6.45) is 1.80. The van der Waals surface area contributed by atoms with Gasteiger partial charge in [-0.1, -0.05) is 11.6 Å². The van der Waals surface area contributed by atoms with Crippen LogP contribution in [-0.4, -0.2) is 40.7 Å². The number of aromatic nitrogens is 3. The maximum atomic E-state index is 12.2. The van der Waals surface area contributed by atoms with Gasteiger partial charge in [0, 0.05) is 22.2 Å². The van der Waals surface area contributed by atoms with Crippen molar-refractivity contribution >= 4 is 28.4 Å². The van der Waals surface area contributed by atoms with Gasteiger partial charge in [0.05, 0.1) is 36.8 Å². The van der Waals surface area contributed by atoms with Crippen molar-refractivity contribution < 1.29 is 23.0 Å². The van der Waals surface area contributed by atoms with E-state index in [9.17, 15) is 13.6 Å². The number of nitrogens with one attached hydrogen (secondary N) is 2. The Balaban J connectivity index is 1.77. The van der Waals surface area contributed by atoms with Gasteiger partial charge in [-0.15, -0.1) is 0 Å². The molecule has 2 aromatic heterocycles. The Morgan fingerprint density at radius 2 is 2.07 bits per heavy atom. The molecule has 0 bridgehead atoms. The summed E-state index contributed by atoms with van der Waals surface area (Å²) >= 11 is 6.37. The van der Waals surface area contributed by atoms with Gasteiger partial charge in [-0.25, -0.2) is 9.97 Å². The number of hydrogen-bond acceptors (Lipinski definition) is 5. The van der Waals surface area contributed by atoms with Crippen LogP contribution in [0.15, 0.2) is 30.6 Å². The summed E-state index contributed by atoms with van der Waals surface area (Å²) < 4.78 is 33.5. The van der Waals surface area contributed by atoms with Crippen LogP contribution in [-0.2, 0) is 16.1 Å². The number of hydrogen-bond donors (Lipinski definition) is 2. The van der Waals surface area contributed by atoms with Gasteiger partial charge in [0.2, 0.25) is 11.8 Å². The SMILES string of the molecule is COc1cnc(-c2cc3[nH]c(CNC(=O)[C@H](C)OC(F)F)cc3cc2Cl)cn1. The molecular formula is C18H17ClF2N4O3. The summed E-state index contributed by atoms with van der Waals surface area (Å²) in [5, 5.41) is 3.86. The van der Waals surface area contributed by atoms with Crippen LogP contribution >= 0.6 is 11.6 Å². The molecule has 3 aromatic rings. The van der Waals surface area contributed by atoms with Crippen molar-refractivity contribution in [3.05, 3.63) is 41.3 Å². The molecule has 28 heavy (non-hydrogen) atoms. The highest BCUT2D eigenvalue weighted by molar-refractivity contribution is 6.34. The van der Waals surface area contributed by atoms with E-state index in [0.717, 1.165) is 10.9 Å². The molecule has 0 spiro atoms. The van der Waals surface area contributed by atoms with E-state index in [-0.39, 0.29) is 6.54 Å². The van der Waals surface area contributed by atoms with E-state index in [1.165, 1.54) is 20.2 Å². The summed E-state index contributed by atoms with van der Waals surface area (Å²) in [6, 6.07) is 5.40. The minimum Gasteiger partial charge on any atom is -0.480 e. The number of alkyl halides is 2. The van der Waals surface area contributed by atoms with Crippen LogP contribution < -0.4 is 10.1 Å². The molecule has 0 saturated carbocycles. The molecule has 7 nitrogen and oxygen atoms in total. The number of halogens is 3. The Hall–Kier alpha value is -2.78. The highest BCUT2D eigenvalue weighted by atomic mass is 35.5. The zero-order valence-corrected chi connectivity index (χ0v) is 15.8. The van der Waals surface area contributed by atoms with E-state index in [2.05, 4.69) is 25.0 Å². The standard InChI is InChI=1S/C18H17ClF2N4O3/c1-9(28-18(20)21)17(26)24-6-11-3-10-4-13(19)12(5-14(10)25-11)15-7-23-16(27-2)8-22-15/h3-5,7-9,18,25H,6H2,1-2H3,(H,24,26)/t9-/m0/s1. The van der Waals surface area contributed by atoms with Gasteiger partial charge in [0.25, 0.3) is 0 Å². The fourth-order valence-electron chi connectivity index (χ4n) is 2.61. The first kappa shape index (κ1) is 20.0. The molecule has 3 rings (SSSR count). The summed E-state index contributed by atoms with van der Waals surface area (Å²) in [5.41, 5.74) is 2.72. The molecule has 148 valence electrons. The maximum Gasteiger partial charge on any atom is 0.346 e. The highest BCUT2D eigenvalue weighted by Crippen LogP contribution is 2.31. The Kier molecular flexibility index (Phi) is 6.05. The zero-order valence-electron chi connectivity index (χ0n) is 15.0. The van der Waals surface area contributed by atoms with Crippen LogP contribution in [0.5, 0.6) is 5.88 Å². The van der Waals surface area contributed by atoms with Gasteiger partial charge in [0.1, 0.15) is 6.10 Å². The lowest BCUT2D eigenvalue weighted by Crippen LogP contribution is -2.35. The number of ether oxygens (including phenoxy) is 2. The highest BCUT2D eigenvalue weighted by Gasteiger charge is 2.18. The number of fused-ring (bicyclic) bond motifs is 1. The summed E-state index contributed by atoms with van der Waals surface area (Å²) in [5.74, 6) is -0.241. The minimum atomic E-state index is -3.00. The number of carbonyl (C=O) groups excluding carboxylic acids is 1. The summed E-state index contributed by atoms with van der Waals surface area (Å²) in [7, 11) is 1.50.